The van der Waals surface area contributed by atoms with Crippen LogP contribution in [0, 0.1) is 5.92 Å². The van der Waals surface area contributed by atoms with E-state index in [4.69, 9.17) is 4.74 Å². The van der Waals surface area contributed by atoms with E-state index in [-0.39, 0.29) is 11.9 Å². The highest BCUT2D eigenvalue weighted by atomic mass is 16.5. The molecule has 0 fully saturated rings. The molecule has 1 heterocycles. The third-order valence-corrected chi connectivity index (χ3v) is 2.70. The van der Waals surface area contributed by atoms with Crippen LogP contribution in [-0.2, 0) is 16.0 Å². The number of hydrogen-bond donors (Lipinski definition) is 1. The Kier molecular flexibility index (Phi) is 3.66. The van der Waals surface area contributed by atoms with E-state index in [1.807, 2.05) is 31.2 Å². The molecule has 0 spiro atoms. The summed E-state index contributed by atoms with van der Waals surface area (Å²) >= 11 is 0. The van der Waals surface area contributed by atoms with E-state index in [1.165, 1.54) is 7.11 Å². The summed E-state index contributed by atoms with van der Waals surface area (Å²) in [5, 5.41) is 13.7. The van der Waals surface area contributed by atoms with Gasteiger partial charge >= 0.3 is 5.97 Å². The molecule has 0 radical (unpaired) electrons. The van der Waals surface area contributed by atoms with Gasteiger partial charge in [-0.3, -0.25) is 4.79 Å². The van der Waals surface area contributed by atoms with E-state index in [0.29, 0.717) is 12.2 Å². The van der Waals surface area contributed by atoms with Gasteiger partial charge in [0.25, 0.3) is 0 Å². The van der Waals surface area contributed by atoms with E-state index in [0.717, 1.165) is 11.1 Å². The highest BCUT2D eigenvalue weighted by Crippen LogP contribution is 2.16. The normalized spacial score (nSPS) is 12.1. The molecule has 0 aliphatic carbocycles. The van der Waals surface area contributed by atoms with Crippen LogP contribution in [0.25, 0.3) is 11.4 Å². The zero-order valence-electron chi connectivity index (χ0n) is 10.3. The Hall–Kier alpha value is -2.24. The molecule has 0 amide bonds. The van der Waals surface area contributed by atoms with Gasteiger partial charge in [0.2, 0.25) is 5.82 Å². The number of aromatic nitrogens is 4. The van der Waals surface area contributed by atoms with Crippen LogP contribution in [0.5, 0.6) is 0 Å². The van der Waals surface area contributed by atoms with Crippen molar-refractivity contribution in [1.82, 2.24) is 20.6 Å². The van der Waals surface area contributed by atoms with Crippen molar-refractivity contribution in [2.45, 2.75) is 13.3 Å². The first-order chi connectivity index (χ1) is 8.70. The number of aromatic amines is 1. The fraction of sp³-hybridized carbons (Fsp3) is 0.333. The van der Waals surface area contributed by atoms with Crippen LogP contribution >= 0.6 is 0 Å². The highest BCUT2D eigenvalue weighted by Gasteiger charge is 2.13. The van der Waals surface area contributed by atoms with Gasteiger partial charge in [-0.1, -0.05) is 31.2 Å². The first-order valence-corrected chi connectivity index (χ1v) is 5.61. The first kappa shape index (κ1) is 12.2. The topological polar surface area (TPSA) is 80.8 Å². The number of methoxy groups -OCH3 is 1. The van der Waals surface area contributed by atoms with Gasteiger partial charge < -0.3 is 4.74 Å². The maximum Gasteiger partial charge on any atom is 0.308 e. The van der Waals surface area contributed by atoms with Crippen LogP contribution in [-0.4, -0.2) is 33.7 Å². The minimum absolute atomic E-state index is 0.147. The van der Waals surface area contributed by atoms with E-state index in [1.54, 1.807) is 0 Å². The summed E-state index contributed by atoms with van der Waals surface area (Å²) in [6, 6.07) is 7.71. The second-order valence-corrected chi connectivity index (χ2v) is 4.06. The molecule has 1 aromatic carbocycles. The molecule has 2 aromatic rings. The SMILES string of the molecule is COC(=O)[C@@H](C)Cc1ccc(-c2nn[nH]n2)cc1. The number of nitrogens with one attached hydrogen (secondary N) is 1. The lowest BCUT2D eigenvalue weighted by atomic mass is 10.0. The Morgan fingerprint density at radius 1 is 1.39 bits per heavy atom. The van der Waals surface area contributed by atoms with Gasteiger partial charge in [0, 0.05) is 5.56 Å². The van der Waals surface area contributed by atoms with E-state index in [2.05, 4.69) is 20.6 Å². The van der Waals surface area contributed by atoms with Crippen LogP contribution in [0.2, 0.25) is 0 Å². The van der Waals surface area contributed by atoms with Gasteiger partial charge in [0.15, 0.2) is 0 Å². The summed E-state index contributed by atoms with van der Waals surface area (Å²) < 4.78 is 4.70. The van der Waals surface area contributed by atoms with Crippen molar-refractivity contribution >= 4 is 5.97 Å². The Morgan fingerprint density at radius 3 is 2.67 bits per heavy atom. The largest absolute Gasteiger partial charge is 0.469 e. The Bertz CT molecular complexity index is 507. The molecule has 6 nitrogen and oxygen atoms in total. The molecule has 0 saturated heterocycles. The van der Waals surface area contributed by atoms with Crippen molar-refractivity contribution in [3.05, 3.63) is 29.8 Å². The first-order valence-electron chi connectivity index (χ1n) is 5.61. The summed E-state index contributed by atoms with van der Waals surface area (Å²) in [6.07, 6.45) is 0.652. The molecule has 6 heteroatoms. The van der Waals surface area contributed by atoms with Crippen molar-refractivity contribution in [3.63, 3.8) is 0 Å². The molecule has 0 aliphatic heterocycles. The summed E-state index contributed by atoms with van der Waals surface area (Å²) in [6.45, 7) is 1.85. The van der Waals surface area contributed by atoms with E-state index >= 15 is 0 Å². The standard InChI is InChI=1S/C12H14N4O2/c1-8(12(17)18-2)7-9-3-5-10(6-4-9)11-13-15-16-14-11/h3-6,8H,7H2,1-2H3,(H,13,14,15,16)/t8-/m0/s1. The molecule has 0 aliphatic rings. The van der Waals surface area contributed by atoms with Crippen molar-refractivity contribution in [2.24, 2.45) is 5.92 Å². The average molecular weight is 246 g/mol. The highest BCUT2D eigenvalue weighted by molar-refractivity contribution is 5.72. The zero-order valence-corrected chi connectivity index (χ0v) is 10.3. The smallest absolute Gasteiger partial charge is 0.308 e. The lowest BCUT2D eigenvalue weighted by molar-refractivity contribution is -0.144. The molecular formula is C12H14N4O2. The molecule has 18 heavy (non-hydrogen) atoms. The summed E-state index contributed by atoms with van der Waals surface area (Å²) in [5.41, 5.74) is 1.96. The number of hydrogen-bond acceptors (Lipinski definition) is 5. The maximum atomic E-state index is 11.3. The van der Waals surface area contributed by atoms with Crippen LogP contribution in [0.4, 0.5) is 0 Å². The number of tetrazole rings is 1. The Labute approximate surface area is 104 Å². The fourth-order valence-corrected chi connectivity index (χ4v) is 1.71. The predicted octanol–water partition coefficient (Wildman–Crippen LogP) is 1.22. The molecule has 0 bridgehead atoms. The monoisotopic (exact) mass is 246 g/mol. The van der Waals surface area contributed by atoms with Gasteiger partial charge in [-0.15, -0.1) is 10.2 Å². The lowest BCUT2D eigenvalue weighted by Crippen LogP contribution is -2.14. The van der Waals surface area contributed by atoms with E-state index < -0.39 is 0 Å². The number of carbonyl (C=O) groups excluding carboxylic acids is 1. The van der Waals surface area contributed by atoms with Crippen molar-refractivity contribution < 1.29 is 9.53 Å². The van der Waals surface area contributed by atoms with Crippen LogP contribution < -0.4 is 0 Å². The predicted molar refractivity (Wildman–Crippen MR) is 64.5 cm³/mol. The van der Waals surface area contributed by atoms with Gasteiger partial charge in [0.05, 0.1) is 13.0 Å². The third kappa shape index (κ3) is 2.71. The molecule has 1 aromatic heterocycles. The van der Waals surface area contributed by atoms with Crippen LogP contribution in [0.15, 0.2) is 24.3 Å². The maximum absolute atomic E-state index is 11.3. The molecular weight excluding hydrogens is 232 g/mol. The molecule has 1 atom stereocenters. The average Bonchev–Trinajstić information content (AvgIpc) is 2.92. The second-order valence-electron chi connectivity index (χ2n) is 4.06. The number of carbonyl (C=O) groups is 1. The number of nitrogens with zero attached hydrogens (tertiary/aromatic N) is 3. The molecule has 1 N–H and O–H groups in total. The number of benzene rings is 1. The summed E-state index contributed by atoms with van der Waals surface area (Å²) in [7, 11) is 1.40. The molecule has 94 valence electrons. The van der Waals surface area contributed by atoms with Gasteiger partial charge in [-0.05, 0) is 17.2 Å². The van der Waals surface area contributed by atoms with Gasteiger partial charge in [0.1, 0.15) is 0 Å². The minimum atomic E-state index is -0.197. The number of esters is 1. The Morgan fingerprint density at radius 2 is 2.11 bits per heavy atom. The van der Waals surface area contributed by atoms with Gasteiger partial charge in [-0.2, -0.15) is 5.21 Å². The van der Waals surface area contributed by atoms with Crippen molar-refractivity contribution in [1.29, 1.82) is 0 Å². The van der Waals surface area contributed by atoms with Crippen molar-refractivity contribution in [3.8, 4) is 11.4 Å². The summed E-state index contributed by atoms with van der Waals surface area (Å²) in [5.74, 6) is 0.214. The lowest BCUT2D eigenvalue weighted by Gasteiger charge is -2.08. The van der Waals surface area contributed by atoms with Crippen LogP contribution in [0.1, 0.15) is 12.5 Å². The number of rotatable bonds is 4. The third-order valence-electron chi connectivity index (χ3n) is 2.70. The van der Waals surface area contributed by atoms with Crippen LogP contribution in [0.3, 0.4) is 0 Å². The van der Waals surface area contributed by atoms with Gasteiger partial charge in [-0.25, -0.2) is 0 Å². The fourth-order valence-electron chi connectivity index (χ4n) is 1.71. The van der Waals surface area contributed by atoms with Crippen molar-refractivity contribution in [2.75, 3.05) is 7.11 Å². The second kappa shape index (κ2) is 5.39. The quantitative estimate of drug-likeness (QED) is 0.820. The summed E-state index contributed by atoms with van der Waals surface area (Å²) in [4.78, 5) is 11.3. The molecule has 0 unspecified atom stereocenters. The zero-order chi connectivity index (χ0) is 13.0. The Balaban J connectivity index is 2.06. The number of H-pyrrole nitrogens is 1. The molecule has 0 saturated carbocycles. The minimum Gasteiger partial charge on any atom is -0.469 e. The number of ether oxygens (including phenoxy) is 1. The molecule has 2 rings (SSSR count). The van der Waals surface area contributed by atoms with E-state index in [9.17, 15) is 4.79 Å².